The molecule has 1 heterocycles. The lowest BCUT2D eigenvalue weighted by Gasteiger charge is -2.44. The molecule has 0 fully saturated rings. The van der Waals surface area contributed by atoms with Crippen LogP contribution >= 0.6 is 0 Å². The fraction of sp³-hybridized carbons (Fsp3) is 0.273. The van der Waals surface area contributed by atoms with Crippen LogP contribution < -0.4 is 10.4 Å². The highest BCUT2D eigenvalue weighted by Crippen LogP contribution is 2.39. The van der Waals surface area contributed by atoms with Crippen LogP contribution in [0.25, 0.3) is 0 Å². The van der Waals surface area contributed by atoms with E-state index < -0.39 is 14.4 Å². The van der Waals surface area contributed by atoms with Gasteiger partial charge in [0, 0.05) is 11.1 Å². The third-order valence-corrected chi connectivity index (χ3v) is 10.0. The van der Waals surface area contributed by atoms with Gasteiger partial charge >= 0.3 is 0 Å². The molecule has 0 bridgehead atoms. The van der Waals surface area contributed by atoms with Crippen LogP contribution in [-0.2, 0) is 4.43 Å². The molecule has 0 radical (unpaired) electrons. The molecule has 1 unspecified atom stereocenters. The maximum absolute atomic E-state index is 11.5. The molecule has 150 valence electrons. The summed E-state index contributed by atoms with van der Waals surface area (Å²) < 4.78 is 6.88. The van der Waals surface area contributed by atoms with Gasteiger partial charge in [0.25, 0.3) is 8.32 Å². The van der Waals surface area contributed by atoms with Crippen molar-refractivity contribution in [2.24, 2.45) is 0 Å². The fourth-order valence-corrected chi connectivity index (χ4v) is 8.36. The van der Waals surface area contributed by atoms with Crippen LogP contribution in [0.3, 0.4) is 0 Å². The number of hydrogen-bond donors (Lipinski definition) is 0. The van der Waals surface area contributed by atoms with E-state index in [1.807, 2.05) is 36.4 Å². The van der Waals surface area contributed by atoms with Gasteiger partial charge in [-0.05, 0) is 21.5 Å². The van der Waals surface area contributed by atoms with E-state index >= 15 is 0 Å². The van der Waals surface area contributed by atoms with E-state index in [4.69, 9.17) is 4.43 Å². The van der Waals surface area contributed by atoms with Crippen LogP contribution in [0.4, 0.5) is 0 Å². The largest absolute Gasteiger partial charge is 0.393 e. The molecule has 7 heteroatoms. The van der Waals surface area contributed by atoms with Crippen molar-refractivity contribution < 1.29 is 9.35 Å². The standard InChI is InChI=1S/C22H25N3O3Si/c1-22(2,3)29(18-10-6-4-7-11-18,19-12-8-5-9-13-19)28-21(16-25(26)27)20-14-15-23-17-24-20/h4-15,17,21H,16H2,1-3H3. The second-order valence-electron chi connectivity index (χ2n) is 7.92. The maximum Gasteiger partial charge on any atom is 0.262 e. The lowest BCUT2D eigenvalue weighted by molar-refractivity contribution is -0.490. The molecule has 0 spiro atoms. The highest BCUT2D eigenvalue weighted by atomic mass is 28.4. The predicted octanol–water partition coefficient (Wildman–Crippen LogP) is 3.37. The monoisotopic (exact) mass is 407 g/mol. The van der Waals surface area contributed by atoms with Crippen molar-refractivity contribution in [3.8, 4) is 0 Å². The zero-order valence-electron chi connectivity index (χ0n) is 16.9. The Morgan fingerprint density at radius 2 is 1.55 bits per heavy atom. The first-order chi connectivity index (χ1) is 13.8. The number of aromatic nitrogens is 2. The summed E-state index contributed by atoms with van der Waals surface area (Å²) in [6, 6.07) is 21.8. The first kappa shape index (κ1) is 20.8. The van der Waals surface area contributed by atoms with Gasteiger partial charge in [-0.3, -0.25) is 10.1 Å². The summed E-state index contributed by atoms with van der Waals surface area (Å²) in [7, 11) is -2.93. The Morgan fingerprint density at radius 1 is 1.00 bits per heavy atom. The molecular formula is C22H25N3O3Si. The van der Waals surface area contributed by atoms with Crippen LogP contribution in [0.5, 0.6) is 0 Å². The number of nitrogens with zero attached hydrogens (tertiary/aromatic N) is 3. The van der Waals surface area contributed by atoms with Crippen molar-refractivity contribution in [2.75, 3.05) is 6.54 Å². The lowest BCUT2D eigenvalue weighted by atomic mass is 10.2. The maximum atomic E-state index is 11.5. The summed E-state index contributed by atoms with van der Waals surface area (Å²) in [6.07, 6.45) is 2.21. The van der Waals surface area contributed by atoms with E-state index in [1.165, 1.54) is 6.33 Å². The average molecular weight is 408 g/mol. The first-order valence-corrected chi connectivity index (χ1v) is 11.4. The van der Waals surface area contributed by atoms with Crippen molar-refractivity contribution >= 4 is 18.7 Å². The van der Waals surface area contributed by atoms with E-state index in [-0.39, 0.29) is 16.5 Å². The summed E-state index contributed by atoms with van der Waals surface area (Å²) in [5.74, 6) is 0. The number of benzene rings is 2. The highest BCUT2D eigenvalue weighted by Gasteiger charge is 2.52. The molecule has 2 aromatic carbocycles. The summed E-state index contributed by atoms with van der Waals surface area (Å²) in [4.78, 5) is 19.4. The Morgan fingerprint density at radius 3 is 1.97 bits per heavy atom. The topological polar surface area (TPSA) is 78.2 Å². The summed E-state index contributed by atoms with van der Waals surface area (Å²) >= 11 is 0. The minimum Gasteiger partial charge on any atom is -0.393 e. The Labute approximate surface area is 171 Å². The normalized spacial score (nSPS) is 13.1. The quantitative estimate of drug-likeness (QED) is 0.341. The van der Waals surface area contributed by atoms with Crippen molar-refractivity contribution in [1.82, 2.24) is 9.97 Å². The third-order valence-electron chi connectivity index (χ3n) is 4.99. The van der Waals surface area contributed by atoms with E-state index in [2.05, 4.69) is 55.0 Å². The molecule has 1 aromatic heterocycles. The fourth-order valence-electron chi connectivity index (χ4n) is 3.72. The second-order valence-corrected chi connectivity index (χ2v) is 12.2. The van der Waals surface area contributed by atoms with Crippen molar-refractivity contribution in [1.29, 1.82) is 0 Å². The molecule has 3 aromatic rings. The molecule has 0 saturated heterocycles. The van der Waals surface area contributed by atoms with E-state index in [1.54, 1.807) is 12.3 Å². The number of nitro groups is 1. The van der Waals surface area contributed by atoms with Gasteiger partial charge < -0.3 is 4.43 Å². The van der Waals surface area contributed by atoms with Gasteiger partial charge in [-0.15, -0.1) is 0 Å². The molecule has 0 aliphatic heterocycles. The van der Waals surface area contributed by atoms with Crippen LogP contribution in [-0.4, -0.2) is 29.8 Å². The summed E-state index contributed by atoms with van der Waals surface area (Å²) in [6.45, 7) is 6.06. The minimum atomic E-state index is -2.93. The molecule has 0 saturated carbocycles. The predicted molar refractivity (Wildman–Crippen MR) is 115 cm³/mol. The van der Waals surface area contributed by atoms with Crippen LogP contribution in [0.2, 0.25) is 5.04 Å². The number of hydrogen-bond acceptors (Lipinski definition) is 5. The molecule has 0 aliphatic carbocycles. The van der Waals surface area contributed by atoms with Gasteiger partial charge in [-0.25, -0.2) is 9.97 Å². The molecule has 3 rings (SSSR count). The van der Waals surface area contributed by atoms with Gasteiger partial charge in [0.05, 0.1) is 5.69 Å². The zero-order chi connectivity index (χ0) is 20.9. The van der Waals surface area contributed by atoms with E-state index in [0.29, 0.717) is 5.69 Å². The Balaban J connectivity index is 2.22. The number of rotatable bonds is 7. The van der Waals surface area contributed by atoms with Crippen molar-refractivity contribution in [3.05, 3.63) is 95.1 Å². The summed E-state index contributed by atoms with van der Waals surface area (Å²) in [5, 5.41) is 13.3. The van der Waals surface area contributed by atoms with Gasteiger partial charge in [0.1, 0.15) is 6.33 Å². The lowest BCUT2D eigenvalue weighted by Crippen LogP contribution is -2.67. The third kappa shape index (κ3) is 4.41. The molecule has 0 amide bonds. The Hall–Kier alpha value is -2.90. The Bertz CT molecular complexity index is 892. The van der Waals surface area contributed by atoms with Crippen LogP contribution in [0.15, 0.2) is 79.3 Å². The van der Waals surface area contributed by atoms with Gasteiger partial charge in [-0.1, -0.05) is 81.4 Å². The van der Waals surface area contributed by atoms with Gasteiger partial charge in [0.15, 0.2) is 6.10 Å². The Kier molecular flexibility index (Phi) is 6.19. The summed E-state index contributed by atoms with van der Waals surface area (Å²) in [5.41, 5.74) is 0.518. The van der Waals surface area contributed by atoms with E-state index in [0.717, 1.165) is 10.4 Å². The molecule has 0 N–H and O–H groups in total. The van der Waals surface area contributed by atoms with Gasteiger partial charge in [0.2, 0.25) is 6.54 Å². The van der Waals surface area contributed by atoms with Crippen LogP contribution in [0, 0.1) is 10.1 Å². The van der Waals surface area contributed by atoms with Crippen molar-refractivity contribution in [3.63, 3.8) is 0 Å². The van der Waals surface area contributed by atoms with E-state index in [9.17, 15) is 10.1 Å². The van der Waals surface area contributed by atoms with Crippen molar-refractivity contribution in [2.45, 2.75) is 31.9 Å². The average Bonchev–Trinajstić information content (AvgIpc) is 2.72. The smallest absolute Gasteiger partial charge is 0.262 e. The highest BCUT2D eigenvalue weighted by molar-refractivity contribution is 6.99. The van der Waals surface area contributed by atoms with Crippen LogP contribution in [0.1, 0.15) is 32.6 Å². The van der Waals surface area contributed by atoms with Gasteiger partial charge in [-0.2, -0.15) is 0 Å². The molecule has 29 heavy (non-hydrogen) atoms. The first-order valence-electron chi connectivity index (χ1n) is 9.51. The molecular weight excluding hydrogens is 382 g/mol. The second kappa shape index (κ2) is 8.63. The minimum absolute atomic E-state index is 0.280. The molecule has 0 aliphatic rings. The molecule has 1 atom stereocenters. The zero-order valence-corrected chi connectivity index (χ0v) is 17.9. The molecule has 6 nitrogen and oxygen atoms in total. The SMILES string of the molecule is CC(C)(C)[Si](OC(C[N+](=O)[O-])c1ccncn1)(c1ccccc1)c1ccccc1.